The topological polar surface area (TPSA) is 30.5 Å². The van der Waals surface area contributed by atoms with Gasteiger partial charge in [-0.1, -0.05) is 48.5 Å². The molecule has 0 aromatic heterocycles. The van der Waals surface area contributed by atoms with Crippen LogP contribution in [-0.4, -0.2) is 14.2 Å². The first-order valence-electron chi connectivity index (χ1n) is 7.98. The van der Waals surface area contributed by atoms with Gasteiger partial charge in [0, 0.05) is 11.8 Å². The van der Waals surface area contributed by atoms with Crippen LogP contribution in [0.5, 0.6) is 11.5 Å². The highest BCUT2D eigenvalue weighted by atomic mass is 16.5. The fourth-order valence-corrected chi connectivity index (χ4v) is 3.40. The van der Waals surface area contributed by atoms with Gasteiger partial charge in [0.2, 0.25) is 0 Å². The number of rotatable bonds is 4. The minimum absolute atomic E-state index is 0.135. The van der Waals surface area contributed by atoms with Gasteiger partial charge in [-0.05, 0) is 34.4 Å². The van der Waals surface area contributed by atoms with E-state index in [1.807, 2.05) is 18.2 Å². The fraction of sp³-hybridized carbons (Fsp3) is 0.143. The molecule has 24 heavy (non-hydrogen) atoms. The minimum Gasteiger partial charge on any atom is -0.493 e. The maximum absolute atomic E-state index is 5.42. The Hall–Kier alpha value is -2.94. The van der Waals surface area contributed by atoms with E-state index in [1.165, 1.54) is 22.3 Å². The van der Waals surface area contributed by atoms with Crippen molar-refractivity contribution in [2.45, 2.75) is 6.04 Å². The zero-order valence-corrected chi connectivity index (χ0v) is 13.7. The van der Waals surface area contributed by atoms with Crippen molar-refractivity contribution < 1.29 is 9.47 Å². The Balaban J connectivity index is 1.75. The van der Waals surface area contributed by atoms with Crippen molar-refractivity contribution in [3.63, 3.8) is 0 Å². The summed E-state index contributed by atoms with van der Waals surface area (Å²) in [4.78, 5) is 0. The summed E-state index contributed by atoms with van der Waals surface area (Å²) in [5.74, 6) is 1.46. The molecule has 120 valence electrons. The SMILES string of the molecule is COc1ccc(NC2c3ccccc3-c3ccccc32)cc1OC. The monoisotopic (exact) mass is 317 g/mol. The zero-order chi connectivity index (χ0) is 16.5. The highest BCUT2D eigenvalue weighted by Gasteiger charge is 2.27. The quantitative estimate of drug-likeness (QED) is 0.743. The van der Waals surface area contributed by atoms with E-state index in [4.69, 9.17) is 9.47 Å². The lowest BCUT2D eigenvalue weighted by Crippen LogP contribution is -2.09. The second-order valence-corrected chi connectivity index (χ2v) is 5.82. The zero-order valence-electron chi connectivity index (χ0n) is 13.7. The van der Waals surface area contributed by atoms with Crippen LogP contribution in [0.1, 0.15) is 17.2 Å². The Bertz CT molecular complexity index is 843. The van der Waals surface area contributed by atoms with Gasteiger partial charge in [-0.25, -0.2) is 0 Å². The van der Waals surface area contributed by atoms with Crippen LogP contribution in [0.25, 0.3) is 11.1 Å². The summed E-state index contributed by atoms with van der Waals surface area (Å²) >= 11 is 0. The van der Waals surface area contributed by atoms with Crippen LogP contribution < -0.4 is 14.8 Å². The molecule has 1 N–H and O–H groups in total. The van der Waals surface area contributed by atoms with Crippen LogP contribution in [0.2, 0.25) is 0 Å². The second kappa shape index (κ2) is 5.93. The third kappa shape index (κ3) is 2.29. The van der Waals surface area contributed by atoms with Gasteiger partial charge in [0.15, 0.2) is 11.5 Å². The molecule has 0 fully saturated rings. The van der Waals surface area contributed by atoms with Gasteiger partial charge in [0.25, 0.3) is 0 Å². The Morgan fingerprint density at radius 1 is 0.708 bits per heavy atom. The molecule has 0 unspecified atom stereocenters. The van der Waals surface area contributed by atoms with Gasteiger partial charge >= 0.3 is 0 Å². The third-order valence-electron chi connectivity index (χ3n) is 4.53. The van der Waals surface area contributed by atoms with Crippen molar-refractivity contribution in [1.29, 1.82) is 0 Å². The number of benzene rings is 3. The Kier molecular flexibility index (Phi) is 3.62. The molecule has 0 spiro atoms. The molecule has 0 bridgehead atoms. The molecule has 0 aliphatic heterocycles. The first kappa shape index (κ1) is 14.6. The number of nitrogens with one attached hydrogen (secondary N) is 1. The van der Waals surface area contributed by atoms with Crippen molar-refractivity contribution >= 4 is 5.69 Å². The first-order chi connectivity index (χ1) is 11.8. The molecular weight excluding hydrogens is 298 g/mol. The van der Waals surface area contributed by atoms with Crippen LogP contribution in [0.4, 0.5) is 5.69 Å². The van der Waals surface area contributed by atoms with Gasteiger partial charge in [-0.15, -0.1) is 0 Å². The molecule has 3 aromatic carbocycles. The van der Waals surface area contributed by atoms with Gasteiger partial charge in [0.1, 0.15) is 0 Å². The lowest BCUT2D eigenvalue weighted by atomic mass is 10.0. The summed E-state index contributed by atoms with van der Waals surface area (Å²) in [7, 11) is 3.30. The van der Waals surface area contributed by atoms with Crippen molar-refractivity contribution in [3.05, 3.63) is 77.9 Å². The summed E-state index contributed by atoms with van der Waals surface area (Å²) in [5, 5.41) is 3.64. The van der Waals surface area contributed by atoms with E-state index in [9.17, 15) is 0 Å². The molecule has 0 amide bonds. The van der Waals surface area contributed by atoms with Gasteiger partial charge in [0.05, 0.1) is 20.3 Å². The average molecular weight is 317 g/mol. The molecule has 1 aliphatic rings. The number of ether oxygens (including phenoxy) is 2. The molecule has 0 heterocycles. The number of anilines is 1. The summed E-state index contributed by atoms with van der Waals surface area (Å²) in [6.07, 6.45) is 0. The maximum atomic E-state index is 5.42. The van der Waals surface area contributed by atoms with Crippen LogP contribution in [0.3, 0.4) is 0 Å². The Morgan fingerprint density at radius 3 is 1.88 bits per heavy atom. The Labute approximate surface area is 141 Å². The van der Waals surface area contributed by atoms with Crippen molar-refractivity contribution in [3.8, 4) is 22.6 Å². The smallest absolute Gasteiger partial charge is 0.162 e. The number of hydrogen-bond donors (Lipinski definition) is 1. The normalized spacial score (nSPS) is 12.4. The standard InChI is InChI=1S/C21H19NO2/c1-23-19-12-11-14(13-20(19)24-2)22-21-17-9-5-3-7-15(17)16-8-4-6-10-18(16)21/h3-13,21-22H,1-2H3. The maximum Gasteiger partial charge on any atom is 0.162 e. The van der Waals surface area contributed by atoms with Crippen LogP contribution in [0, 0.1) is 0 Å². The highest BCUT2D eigenvalue weighted by molar-refractivity contribution is 5.80. The van der Waals surface area contributed by atoms with E-state index in [0.29, 0.717) is 0 Å². The second-order valence-electron chi connectivity index (χ2n) is 5.82. The average Bonchev–Trinajstić information content (AvgIpc) is 2.96. The van der Waals surface area contributed by atoms with E-state index in [2.05, 4.69) is 53.8 Å². The molecule has 1 aliphatic carbocycles. The van der Waals surface area contributed by atoms with E-state index >= 15 is 0 Å². The predicted molar refractivity (Wildman–Crippen MR) is 96.9 cm³/mol. The fourth-order valence-electron chi connectivity index (χ4n) is 3.40. The van der Waals surface area contributed by atoms with E-state index < -0.39 is 0 Å². The van der Waals surface area contributed by atoms with Gasteiger partial charge in [-0.3, -0.25) is 0 Å². The molecular formula is C21H19NO2. The largest absolute Gasteiger partial charge is 0.493 e. The number of fused-ring (bicyclic) bond motifs is 3. The number of methoxy groups -OCH3 is 2. The predicted octanol–water partition coefficient (Wildman–Crippen LogP) is 4.89. The van der Waals surface area contributed by atoms with Crippen molar-refractivity contribution in [2.75, 3.05) is 19.5 Å². The molecule has 0 radical (unpaired) electrons. The molecule has 3 aromatic rings. The molecule has 0 saturated carbocycles. The molecule has 4 rings (SSSR count). The molecule has 0 saturated heterocycles. The summed E-state index contributed by atoms with van der Waals surface area (Å²) < 4.78 is 10.7. The first-order valence-corrected chi connectivity index (χ1v) is 7.98. The Morgan fingerprint density at radius 2 is 1.29 bits per heavy atom. The van der Waals surface area contributed by atoms with E-state index in [0.717, 1.165) is 17.2 Å². The lowest BCUT2D eigenvalue weighted by molar-refractivity contribution is 0.355. The van der Waals surface area contributed by atoms with Gasteiger partial charge in [-0.2, -0.15) is 0 Å². The van der Waals surface area contributed by atoms with E-state index in [-0.39, 0.29) is 6.04 Å². The van der Waals surface area contributed by atoms with E-state index in [1.54, 1.807) is 14.2 Å². The van der Waals surface area contributed by atoms with Crippen molar-refractivity contribution in [2.24, 2.45) is 0 Å². The van der Waals surface area contributed by atoms with Crippen LogP contribution >= 0.6 is 0 Å². The lowest BCUT2D eigenvalue weighted by Gasteiger charge is -2.18. The van der Waals surface area contributed by atoms with Crippen LogP contribution in [0.15, 0.2) is 66.7 Å². The summed E-state index contributed by atoms with van der Waals surface area (Å²) in [6, 6.07) is 23.2. The minimum atomic E-state index is 0.135. The van der Waals surface area contributed by atoms with Gasteiger partial charge < -0.3 is 14.8 Å². The molecule has 0 atom stereocenters. The third-order valence-corrected chi connectivity index (χ3v) is 4.53. The number of hydrogen-bond acceptors (Lipinski definition) is 3. The molecule has 3 nitrogen and oxygen atoms in total. The summed E-state index contributed by atoms with van der Waals surface area (Å²) in [5.41, 5.74) is 6.20. The van der Waals surface area contributed by atoms with Crippen LogP contribution in [-0.2, 0) is 0 Å². The molecule has 3 heteroatoms. The van der Waals surface area contributed by atoms with Crippen molar-refractivity contribution in [1.82, 2.24) is 0 Å². The highest BCUT2D eigenvalue weighted by Crippen LogP contribution is 2.45. The summed E-state index contributed by atoms with van der Waals surface area (Å²) in [6.45, 7) is 0.